The Kier molecular flexibility index (Phi) is 8.15. The molecule has 1 N–H and O–H groups in total. The molecule has 0 saturated carbocycles. The van der Waals surface area contributed by atoms with Crippen LogP contribution in [0, 0.1) is 10.1 Å². The van der Waals surface area contributed by atoms with E-state index < -0.39 is 10.8 Å². The van der Waals surface area contributed by atoms with Crippen molar-refractivity contribution in [3.63, 3.8) is 0 Å². The number of nitrogens with one attached hydrogen (secondary N) is 1. The second kappa shape index (κ2) is 11.5. The molecular weight excluding hydrogens is 432 g/mol. The van der Waals surface area contributed by atoms with Crippen molar-refractivity contribution < 1.29 is 19.2 Å². The van der Waals surface area contributed by atoms with Crippen LogP contribution in [0.25, 0.3) is 0 Å². The highest BCUT2D eigenvalue weighted by Gasteiger charge is 2.07. The van der Waals surface area contributed by atoms with E-state index >= 15 is 0 Å². The summed E-state index contributed by atoms with van der Waals surface area (Å²) in [7, 11) is 1.61. The molecule has 0 aliphatic heterocycles. The lowest BCUT2D eigenvalue weighted by Crippen LogP contribution is -2.24. The third kappa shape index (κ3) is 6.81. The molecule has 0 spiro atoms. The number of nitrogens with zero attached hydrogens (tertiary/aromatic N) is 3. The van der Waals surface area contributed by atoms with Crippen LogP contribution in [0.15, 0.2) is 77.0 Å². The van der Waals surface area contributed by atoms with E-state index in [9.17, 15) is 14.9 Å². The van der Waals surface area contributed by atoms with Crippen LogP contribution < -0.4 is 14.9 Å². The van der Waals surface area contributed by atoms with Gasteiger partial charge in [-0.15, -0.1) is 11.8 Å². The number of pyridine rings is 1. The summed E-state index contributed by atoms with van der Waals surface area (Å²) in [6.07, 6.45) is 3.27. The Morgan fingerprint density at radius 3 is 2.72 bits per heavy atom. The fourth-order valence-electron chi connectivity index (χ4n) is 2.60. The normalized spacial score (nSPS) is 10.7. The first-order valence-corrected chi connectivity index (χ1v) is 10.4. The molecule has 0 saturated heterocycles. The number of non-ortho nitro benzene ring substituents is 1. The molecule has 10 heteroatoms. The standard InChI is InChI=1S/C22H20N4O5S/c1-30-20-10-5-16(12-17(20)15-32-22-4-2-3-11-23-22)13-24-25-21(27)14-31-19-8-6-18(7-9-19)26(28)29/h2-13H,14-15H2,1H3,(H,25,27)/b24-13+. The molecular formula is C22H20N4O5S. The molecule has 0 aliphatic rings. The van der Waals surface area contributed by atoms with Gasteiger partial charge in [0.05, 0.1) is 23.3 Å². The average Bonchev–Trinajstić information content (AvgIpc) is 2.82. The maximum Gasteiger partial charge on any atom is 0.277 e. The zero-order valence-corrected chi connectivity index (χ0v) is 18.0. The predicted molar refractivity (Wildman–Crippen MR) is 121 cm³/mol. The van der Waals surface area contributed by atoms with Crippen molar-refractivity contribution in [1.82, 2.24) is 10.4 Å². The summed E-state index contributed by atoms with van der Waals surface area (Å²) < 4.78 is 10.7. The van der Waals surface area contributed by atoms with Crippen LogP contribution in [0.5, 0.6) is 11.5 Å². The minimum absolute atomic E-state index is 0.0521. The van der Waals surface area contributed by atoms with E-state index in [2.05, 4.69) is 15.5 Å². The predicted octanol–water partition coefficient (Wildman–Crippen LogP) is 3.82. The smallest absolute Gasteiger partial charge is 0.277 e. The van der Waals surface area contributed by atoms with E-state index in [4.69, 9.17) is 9.47 Å². The molecule has 32 heavy (non-hydrogen) atoms. The molecule has 0 atom stereocenters. The average molecular weight is 452 g/mol. The molecule has 1 amide bonds. The molecule has 0 aliphatic carbocycles. The van der Waals surface area contributed by atoms with Crippen LogP contribution in [0.2, 0.25) is 0 Å². The number of nitro groups is 1. The molecule has 164 valence electrons. The Balaban J connectivity index is 1.52. The first kappa shape index (κ1) is 22.8. The van der Waals surface area contributed by atoms with Gasteiger partial charge in [-0.1, -0.05) is 6.07 Å². The molecule has 0 bridgehead atoms. The number of hydrogen-bond acceptors (Lipinski definition) is 8. The Hall–Kier alpha value is -3.92. The van der Waals surface area contributed by atoms with Gasteiger partial charge in [-0.05, 0) is 48.0 Å². The summed E-state index contributed by atoms with van der Waals surface area (Å²) in [6.45, 7) is -0.274. The highest BCUT2D eigenvalue weighted by atomic mass is 32.2. The molecule has 0 radical (unpaired) electrons. The van der Waals surface area contributed by atoms with Crippen LogP contribution in [0.3, 0.4) is 0 Å². The second-order valence-electron chi connectivity index (χ2n) is 6.36. The summed E-state index contributed by atoms with van der Waals surface area (Å²) in [4.78, 5) is 26.4. The molecule has 9 nitrogen and oxygen atoms in total. The number of carbonyl (C=O) groups excluding carboxylic acids is 1. The molecule has 0 unspecified atom stereocenters. The number of carbonyl (C=O) groups is 1. The van der Waals surface area contributed by atoms with Crippen LogP contribution in [0.1, 0.15) is 11.1 Å². The third-order valence-corrected chi connectivity index (χ3v) is 5.13. The van der Waals surface area contributed by atoms with Crippen molar-refractivity contribution in [3.05, 3.63) is 88.1 Å². The summed E-state index contributed by atoms with van der Waals surface area (Å²) >= 11 is 1.59. The zero-order chi connectivity index (χ0) is 22.8. The summed E-state index contributed by atoms with van der Waals surface area (Å²) in [5.74, 6) is 1.31. The molecule has 1 aromatic heterocycles. The minimum atomic E-state index is -0.507. The number of nitro benzene ring substituents is 1. The highest BCUT2D eigenvalue weighted by molar-refractivity contribution is 7.98. The monoisotopic (exact) mass is 452 g/mol. The SMILES string of the molecule is COc1ccc(/C=N/NC(=O)COc2ccc([N+](=O)[O-])cc2)cc1CSc1ccccn1. The number of aromatic nitrogens is 1. The molecule has 2 aromatic carbocycles. The van der Waals surface area contributed by atoms with Crippen molar-refractivity contribution >= 4 is 29.6 Å². The van der Waals surface area contributed by atoms with Gasteiger partial charge in [0.25, 0.3) is 11.6 Å². The van der Waals surface area contributed by atoms with Gasteiger partial charge in [-0.25, -0.2) is 10.4 Å². The minimum Gasteiger partial charge on any atom is -0.496 e. The summed E-state index contributed by atoms with van der Waals surface area (Å²) in [5.41, 5.74) is 4.10. The number of benzene rings is 2. The van der Waals surface area contributed by atoms with Crippen LogP contribution in [-0.2, 0) is 10.5 Å². The second-order valence-corrected chi connectivity index (χ2v) is 7.36. The van der Waals surface area contributed by atoms with Crippen LogP contribution in [-0.4, -0.2) is 35.7 Å². The van der Waals surface area contributed by atoms with Gasteiger partial charge in [0, 0.05) is 29.6 Å². The summed E-state index contributed by atoms with van der Waals surface area (Å²) in [6, 6.07) is 16.8. The number of rotatable bonds is 10. The van der Waals surface area contributed by atoms with E-state index in [1.807, 2.05) is 36.4 Å². The van der Waals surface area contributed by atoms with Crippen molar-refractivity contribution in [3.8, 4) is 11.5 Å². The fourth-order valence-corrected chi connectivity index (χ4v) is 3.44. The molecule has 3 rings (SSSR count). The number of methoxy groups -OCH3 is 1. The lowest BCUT2D eigenvalue weighted by atomic mass is 10.1. The summed E-state index contributed by atoms with van der Waals surface area (Å²) in [5, 5.41) is 15.5. The first-order chi connectivity index (χ1) is 15.5. The van der Waals surface area contributed by atoms with Gasteiger partial charge in [0.2, 0.25) is 0 Å². The van der Waals surface area contributed by atoms with Crippen molar-refractivity contribution in [1.29, 1.82) is 0 Å². The Bertz CT molecular complexity index is 1090. The number of hydrogen-bond donors (Lipinski definition) is 1. The van der Waals surface area contributed by atoms with Gasteiger partial charge in [-0.2, -0.15) is 5.10 Å². The molecule has 3 aromatic rings. The van der Waals surface area contributed by atoms with E-state index in [0.717, 1.165) is 21.9 Å². The maximum absolute atomic E-state index is 11.9. The lowest BCUT2D eigenvalue weighted by molar-refractivity contribution is -0.384. The Morgan fingerprint density at radius 2 is 2.03 bits per heavy atom. The van der Waals surface area contributed by atoms with E-state index in [0.29, 0.717) is 11.5 Å². The maximum atomic E-state index is 11.9. The lowest BCUT2D eigenvalue weighted by Gasteiger charge is -2.09. The van der Waals surface area contributed by atoms with Crippen molar-refractivity contribution in [2.45, 2.75) is 10.8 Å². The molecule has 1 heterocycles. The van der Waals surface area contributed by atoms with Gasteiger partial charge < -0.3 is 9.47 Å². The zero-order valence-electron chi connectivity index (χ0n) is 17.1. The van der Waals surface area contributed by atoms with E-state index in [1.165, 1.54) is 30.5 Å². The topological polar surface area (TPSA) is 116 Å². The van der Waals surface area contributed by atoms with E-state index in [-0.39, 0.29) is 12.3 Å². The number of thioether (sulfide) groups is 1. The first-order valence-electron chi connectivity index (χ1n) is 9.45. The van der Waals surface area contributed by atoms with Crippen LogP contribution >= 0.6 is 11.8 Å². The number of hydrazone groups is 1. The fraction of sp³-hybridized carbons (Fsp3) is 0.136. The van der Waals surface area contributed by atoms with Gasteiger partial charge in [0.15, 0.2) is 6.61 Å². The van der Waals surface area contributed by atoms with Crippen molar-refractivity contribution in [2.24, 2.45) is 5.10 Å². The van der Waals surface area contributed by atoms with Crippen LogP contribution in [0.4, 0.5) is 5.69 Å². The largest absolute Gasteiger partial charge is 0.496 e. The highest BCUT2D eigenvalue weighted by Crippen LogP contribution is 2.27. The quantitative estimate of drug-likeness (QED) is 0.215. The van der Waals surface area contributed by atoms with Gasteiger partial charge in [0.1, 0.15) is 11.5 Å². The van der Waals surface area contributed by atoms with Gasteiger partial charge in [-0.3, -0.25) is 14.9 Å². The third-order valence-electron chi connectivity index (χ3n) is 4.14. The van der Waals surface area contributed by atoms with Crippen molar-refractivity contribution in [2.75, 3.05) is 13.7 Å². The Labute approximate surface area is 188 Å². The number of ether oxygens (including phenoxy) is 2. The van der Waals surface area contributed by atoms with E-state index in [1.54, 1.807) is 25.1 Å². The molecule has 0 fully saturated rings. The van der Waals surface area contributed by atoms with Gasteiger partial charge >= 0.3 is 0 Å². The Morgan fingerprint density at radius 1 is 1.22 bits per heavy atom. The number of amides is 1.